The number of amides is 1. The van der Waals surface area contributed by atoms with Gasteiger partial charge in [-0.05, 0) is 25.5 Å². The zero-order chi connectivity index (χ0) is 18.5. The molecule has 0 N–H and O–H groups in total. The van der Waals surface area contributed by atoms with Gasteiger partial charge in [-0.15, -0.1) is 11.3 Å². The van der Waals surface area contributed by atoms with Gasteiger partial charge in [0, 0.05) is 12.6 Å². The molecule has 0 unspecified atom stereocenters. The second-order valence-electron chi connectivity index (χ2n) is 6.14. The Hall–Kier alpha value is -2.66. The number of rotatable bonds is 6. The molecule has 2 aromatic carbocycles. The fourth-order valence-electron chi connectivity index (χ4n) is 2.58. The van der Waals surface area contributed by atoms with Gasteiger partial charge in [-0.3, -0.25) is 4.79 Å². The van der Waals surface area contributed by atoms with Crippen molar-refractivity contribution >= 4 is 17.2 Å². The maximum absolute atomic E-state index is 12.8. The van der Waals surface area contributed by atoms with E-state index >= 15 is 0 Å². The van der Waals surface area contributed by atoms with Crippen molar-refractivity contribution in [2.24, 2.45) is 0 Å². The van der Waals surface area contributed by atoms with Gasteiger partial charge in [0.15, 0.2) is 0 Å². The fourth-order valence-corrected chi connectivity index (χ4v) is 3.65. The van der Waals surface area contributed by atoms with Crippen molar-refractivity contribution in [1.29, 1.82) is 0 Å². The van der Waals surface area contributed by atoms with Crippen molar-refractivity contribution in [3.63, 3.8) is 0 Å². The maximum Gasteiger partial charge on any atom is 0.265 e. The number of hydrogen-bond acceptors (Lipinski definition) is 4. The minimum atomic E-state index is -0.0180. The summed E-state index contributed by atoms with van der Waals surface area (Å²) in [5, 5.41) is 0.871. The van der Waals surface area contributed by atoms with E-state index in [2.05, 4.69) is 4.98 Å². The molecule has 0 atom stereocenters. The van der Waals surface area contributed by atoms with Crippen molar-refractivity contribution in [3.05, 3.63) is 70.7 Å². The molecule has 5 heteroatoms. The second-order valence-corrected chi connectivity index (χ2v) is 7.14. The average Bonchev–Trinajstić information content (AvgIpc) is 3.05. The van der Waals surface area contributed by atoms with Crippen LogP contribution in [-0.4, -0.2) is 36.0 Å². The third-order valence-electron chi connectivity index (χ3n) is 4.14. The van der Waals surface area contributed by atoms with Crippen LogP contribution in [0.15, 0.2) is 54.6 Å². The average molecular weight is 366 g/mol. The number of benzene rings is 2. The highest BCUT2D eigenvalue weighted by molar-refractivity contribution is 7.17. The van der Waals surface area contributed by atoms with Gasteiger partial charge in [-0.25, -0.2) is 4.98 Å². The number of hydrogen-bond donors (Lipinski definition) is 0. The summed E-state index contributed by atoms with van der Waals surface area (Å²) in [5.41, 5.74) is 2.89. The number of carbonyl (C=O) groups is 1. The molecule has 0 aliphatic carbocycles. The first-order chi connectivity index (χ1) is 12.6. The summed E-state index contributed by atoms with van der Waals surface area (Å²) in [7, 11) is 1.80. The number of aromatic nitrogens is 1. The first-order valence-electron chi connectivity index (χ1n) is 8.53. The van der Waals surface area contributed by atoms with Crippen LogP contribution in [0.3, 0.4) is 0 Å². The van der Waals surface area contributed by atoms with Crippen LogP contribution in [-0.2, 0) is 0 Å². The molecule has 3 aromatic rings. The molecule has 134 valence electrons. The Morgan fingerprint density at radius 3 is 2.50 bits per heavy atom. The monoisotopic (exact) mass is 366 g/mol. The van der Waals surface area contributed by atoms with Crippen LogP contribution in [0.25, 0.3) is 10.6 Å². The first-order valence-corrected chi connectivity index (χ1v) is 9.34. The summed E-state index contributed by atoms with van der Waals surface area (Å²) < 4.78 is 5.79. The molecule has 0 aliphatic heterocycles. The highest BCUT2D eigenvalue weighted by Crippen LogP contribution is 2.28. The van der Waals surface area contributed by atoms with E-state index in [1.165, 1.54) is 11.3 Å². The Balaban J connectivity index is 1.63. The van der Waals surface area contributed by atoms with E-state index in [0.717, 1.165) is 27.6 Å². The maximum atomic E-state index is 12.8. The van der Waals surface area contributed by atoms with Gasteiger partial charge in [0.05, 0.1) is 12.2 Å². The summed E-state index contributed by atoms with van der Waals surface area (Å²) >= 11 is 1.44. The van der Waals surface area contributed by atoms with Gasteiger partial charge in [0.1, 0.15) is 22.2 Å². The molecule has 0 bridgehead atoms. The molecule has 26 heavy (non-hydrogen) atoms. The van der Waals surface area contributed by atoms with Crippen molar-refractivity contribution in [2.75, 3.05) is 20.2 Å². The lowest BCUT2D eigenvalue weighted by atomic mass is 10.2. The van der Waals surface area contributed by atoms with Gasteiger partial charge in [0.25, 0.3) is 5.91 Å². The van der Waals surface area contributed by atoms with E-state index in [0.29, 0.717) is 18.0 Å². The molecule has 1 aromatic heterocycles. The Kier molecular flexibility index (Phi) is 5.68. The summed E-state index contributed by atoms with van der Waals surface area (Å²) in [6, 6.07) is 17.8. The van der Waals surface area contributed by atoms with Crippen molar-refractivity contribution in [3.8, 4) is 16.3 Å². The van der Waals surface area contributed by atoms with E-state index in [1.807, 2.05) is 68.4 Å². The molecule has 4 nitrogen and oxygen atoms in total. The van der Waals surface area contributed by atoms with Crippen LogP contribution in [0, 0.1) is 13.8 Å². The summed E-state index contributed by atoms with van der Waals surface area (Å²) in [6.45, 7) is 4.87. The molecule has 1 amide bonds. The Morgan fingerprint density at radius 1 is 1.08 bits per heavy atom. The number of thiazole rings is 1. The minimum absolute atomic E-state index is 0.0180. The summed E-state index contributed by atoms with van der Waals surface area (Å²) in [6.07, 6.45) is 0. The molecule has 3 rings (SSSR count). The predicted molar refractivity (Wildman–Crippen MR) is 106 cm³/mol. The Bertz CT molecular complexity index is 890. The molecular formula is C21H22N2O2S. The number of para-hydroxylation sites is 1. The minimum Gasteiger partial charge on any atom is -0.491 e. The highest BCUT2D eigenvalue weighted by atomic mass is 32.1. The topological polar surface area (TPSA) is 42.4 Å². The molecule has 0 fully saturated rings. The van der Waals surface area contributed by atoms with E-state index < -0.39 is 0 Å². The van der Waals surface area contributed by atoms with Crippen LogP contribution >= 0.6 is 11.3 Å². The third kappa shape index (κ3) is 4.11. The SMILES string of the molecule is Cc1ccccc1OCCN(C)C(=O)c1sc(-c2ccccc2)nc1C. The van der Waals surface area contributed by atoms with Crippen molar-refractivity contribution in [1.82, 2.24) is 9.88 Å². The lowest BCUT2D eigenvalue weighted by molar-refractivity contribution is 0.0777. The normalized spacial score (nSPS) is 10.6. The van der Waals surface area contributed by atoms with Gasteiger partial charge in [-0.2, -0.15) is 0 Å². The standard InChI is InChI=1S/C21H22N2O2S/c1-15-9-7-8-12-18(15)25-14-13-23(3)21(24)19-16(2)22-20(26-19)17-10-5-4-6-11-17/h4-12H,13-14H2,1-3H3. The highest BCUT2D eigenvalue weighted by Gasteiger charge is 2.19. The van der Waals surface area contributed by atoms with E-state index in [-0.39, 0.29) is 5.91 Å². The zero-order valence-electron chi connectivity index (χ0n) is 15.2. The van der Waals surface area contributed by atoms with E-state index in [1.54, 1.807) is 11.9 Å². The number of aryl methyl sites for hydroxylation is 2. The van der Waals surface area contributed by atoms with Crippen LogP contribution < -0.4 is 4.74 Å². The Morgan fingerprint density at radius 2 is 1.77 bits per heavy atom. The van der Waals surface area contributed by atoms with E-state index in [9.17, 15) is 4.79 Å². The summed E-state index contributed by atoms with van der Waals surface area (Å²) in [5.74, 6) is 0.837. The molecule has 0 spiro atoms. The van der Waals surface area contributed by atoms with Crippen LogP contribution in [0.1, 0.15) is 20.9 Å². The van der Waals surface area contributed by atoms with E-state index in [4.69, 9.17) is 4.74 Å². The number of likely N-dealkylation sites (N-methyl/N-ethyl adjacent to an activating group) is 1. The number of carbonyl (C=O) groups excluding carboxylic acids is 1. The molecule has 0 saturated heterocycles. The summed E-state index contributed by atoms with van der Waals surface area (Å²) in [4.78, 5) is 19.7. The number of ether oxygens (including phenoxy) is 1. The van der Waals surface area contributed by atoms with Crippen molar-refractivity contribution < 1.29 is 9.53 Å². The van der Waals surface area contributed by atoms with Crippen LogP contribution in [0.4, 0.5) is 0 Å². The van der Waals surface area contributed by atoms with Crippen molar-refractivity contribution in [2.45, 2.75) is 13.8 Å². The zero-order valence-corrected chi connectivity index (χ0v) is 16.0. The van der Waals surface area contributed by atoms with Gasteiger partial charge in [0.2, 0.25) is 0 Å². The largest absolute Gasteiger partial charge is 0.491 e. The van der Waals surface area contributed by atoms with Gasteiger partial charge >= 0.3 is 0 Å². The fraction of sp³-hybridized carbons (Fsp3) is 0.238. The lowest BCUT2D eigenvalue weighted by Crippen LogP contribution is -2.30. The predicted octanol–water partition coefficient (Wildman–Crippen LogP) is 4.58. The smallest absolute Gasteiger partial charge is 0.265 e. The van der Waals surface area contributed by atoms with Gasteiger partial charge in [-0.1, -0.05) is 48.5 Å². The second kappa shape index (κ2) is 8.15. The molecule has 1 heterocycles. The quantitative estimate of drug-likeness (QED) is 0.641. The lowest BCUT2D eigenvalue weighted by Gasteiger charge is -2.17. The molecular weight excluding hydrogens is 344 g/mol. The molecule has 0 radical (unpaired) electrons. The number of nitrogens with zero attached hydrogens (tertiary/aromatic N) is 2. The first kappa shape index (κ1) is 18.1. The van der Waals surface area contributed by atoms with Crippen LogP contribution in [0.5, 0.6) is 5.75 Å². The molecule has 0 aliphatic rings. The molecule has 0 saturated carbocycles. The third-order valence-corrected chi connectivity index (χ3v) is 5.33. The Labute approximate surface area is 158 Å². The van der Waals surface area contributed by atoms with Gasteiger partial charge < -0.3 is 9.64 Å². The van der Waals surface area contributed by atoms with Crippen LogP contribution in [0.2, 0.25) is 0 Å².